The van der Waals surface area contributed by atoms with Crippen LogP contribution in [-0.4, -0.2) is 19.0 Å². The number of para-hydroxylation sites is 1. The zero-order valence-corrected chi connectivity index (χ0v) is 17.8. The van der Waals surface area contributed by atoms with Crippen LogP contribution in [0.5, 0.6) is 0 Å². The Morgan fingerprint density at radius 1 is 0.871 bits per heavy atom. The zero-order chi connectivity index (χ0) is 21.5. The molecule has 5 aromatic rings. The minimum absolute atomic E-state index is 0.106. The first kappa shape index (κ1) is 19.1. The lowest BCUT2D eigenvalue weighted by Gasteiger charge is -2.14. The van der Waals surface area contributed by atoms with Crippen LogP contribution in [0.25, 0.3) is 27.8 Å². The number of pyridine rings is 1. The van der Waals surface area contributed by atoms with Gasteiger partial charge in [-0.05, 0) is 44.5 Å². The molecule has 154 valence electrons. The van der Waals surface area contributed by atoms with Crippen LogP contribution in [0.15, 0.2) is 71.7 Å². The highest BCUT2D eigenvalue weighted by Gasteiger charge is 2.15. The quantitative estimate of drug-likeness (QED) is 0.478. The van der Waals surface area contributed by atoms with Gasteiger partial charge in [-0.15, -0.1) is 0 Å². The molecule has 1 N–H and O–H groups in total. The summed E-state index contributed by atoms with van der Waals surface area (Å²) in [6.07, 6.45) is 2.07. The number of fused-ring (bicyclic) bond motifs is 2. The van der Waals surface area contributed by atoms with Crippen LogP contribution in [0, 0.1) is 20.8 Å². The molecule has 0 aliphatic heterocycles. The van der Waals surface area contributed by atoms with Gasteiger partial charge in [0.05, 0.1) is 28.8 Å². The SMILES string of the molecule is Cc1ccc(-c2nc3ccc(C)cn3c2CNn2c(C)nc3ccccc3c2=O)cc1. The summed E-state index contributed by atoms with van der Waals surface area (Å²) in [5.74, 6) is 0.616. The number of nitrogens with zero attached hydrogens (tertiary/aromatic N) is 4. The highest BCUT2D eigenvalue weighted by atomic mass is 16.1. The van der Waals surface area contributed by atoms with E-state index in [0.717, 1.165) is 28.2 Å². The van der Waals surface area contributed by atoms with Crippen molar-refractivity contribution in [2.75, 3.05) is 5.43 Å². The van der Waals surface area contributed by atoms with Crippen molar-refractivity contribution in [3.63, 3.8) is 0 Å². The molecule has 0 fully saturated rings. The van der Waals surface area contributed by atoms with E-state index in [1.165, 1.54) is 10.2 Å². The highest BCUT2D eigenvalue weighted by Crippen LogP contribution is 2.25. The minimum atomic E-state index is -0.106. The maximum Gasteiger partial charge on any atom is 0.279 e. The molecule has 0 spiro atoms. The van der Waals surface area contributed by atoms with Gasteiger partial charge in [0.1, 0.15) is 11.5 Å². The number of rotatable bonds is 4. The third-order valence-corrected chi connectivity index (χ3v) is 5.54. The molecule has 0 unspecified atom stereocenters. The molecule has 6 heteroatoms. The molecule has 0 bridgehead atoms. The smallest absolute Gasteiger partial charge is 0.279 e. The van der Waals surface area contributed by atoms with E-state index in [0.29, 0.717) is 23.3 Å². The number of nitrogens with one attached hydrogen (secondary N) is 1. The Morgan fingerprint density at radius 2 is 1.61 bits per heavy atom. The maximum atomic E-state index is 13.1. The Kier molecular flexibility index (Phi) is 4.55. The van der Waals surface area contributed by atoms with E-state index in [1.807, 2.05) is 31.2 Å². The fourth-order valence-electron chi connectivity index (χ4n) is 3.89. The average Bonchev–Trinajstić information content (AvgIpc) is 3.12. The van der Waals surface area contributed by atoms with Gasteiger partial charge in [0.15, 0.2) is 0 Å². The van der Waals surface area contributed by atoms with Crippen molar-refractivity contribution >= 4 is 16.6 Å². The van der Waals surface area contributed by atoms with Crippen LogP contribution in [0.4, 0.5) is 0 Å². The fraction of sp³-hybridized carbons (Fsp3) is 0.160. The molecule has 0 saturated carbocycles. The second-order valence-electron chi connectivity index (χ2n) is 7.86. The van der Waals surface area contributed by atoms with Gasteiger partial charge in [-0.2, -0.15) is 0 Å². The third kappa shape index (κ3) is 3.36. The fourth-order valence-corrected chi connectivity index (χ4v) is 3.89. The molecule has 3 aromatic heterocycles. The van der Waals surface area contributed by atoms with Crippen molar-refractivity contribution in [1.82, 2.24) is 19.0 Å². The number of aromatic nitrogens is 4. The van der Waals surface area contributed by atoms with E-state index in [4.69, 9.17) is 4.98 Å². The van der Waals surface area contributed by atoms with E-state index in [-0.39, 0.29) is 5.56 Å². The third-order valence-electron chi connectivity index (χ3n) is 5.54. The van der Waals surface area contributed by atoms with Crippen LogP contribution in [0.1, 0.15) is 22.6 Å². The van der Waals surface area contributed by atoms with Gasteiger partial charge >= 0.3 is 0 Å². The average molecular weight is 409 g/mol. The number of aryl methyl sites for hydroxylation is 3. The van der Waals surface area contributed by atoms with Crippen molar-refractivity contribution in [3.8, 4) is 11.3 Å². The summed E-state index contributed by atoms with van der Waals surface area (Å²) in [4.78, 5) is 22.5. The molecule has 0 aliphatic rings. The highest BCUT2D eigenvalue weighted by molar-refractivity contribution is 5.77. The lowest BCUT2D eigenvalue weighted by molar-refractivity contribution is 0.743. The van der Waals surface area contributed by atoms with E-state index in [1.54, 1.807) is 6.07 Å². The molecular formula is C25H23N5O. The van der Waals surface area contributed by atoms with Gasteiger partial charge in [0.25, 0.3) is 5.56 Å². The summed E-state index contributed by atoms with van der Waals surface area (Å²) in [6, 6.07) is 19.8. The number of hydrogen-bond donors (Lipinski definition) is 1. The number of benzene rings is 2. The second-order valence-corrected chi connectivity index (χ2v) is 7.86. The van der Waals surface area contributed by atoms with Gasteiger partial charge in [-0.3, -0.25) is 4.79 Å². The van der Waals surface area contributed by atoms with Crippen molar-refractivity contribution in [1.29, 1.82) is 0 Å². The maximum absolute atomic E-state index is 13.1. The van der Waals surface area contributed by atoms with E-state index in [9.17, 15) is 4.79 Å². The number of imidazole rings is 1. The predicted molar refractivity (Wildman–Crippen MR) is 124 cm³/mol. The van der Waals surface area contributed by atoms with Crippen LogP contribution < -0.4 is 11.0 Å². The summed E-state index contributed by atoms with van der Waals surface area (Å²) >= 11 is 0. The molecule has 0 saturated heterocycles. The van der Waals surface area contributed by atoms with Crippen molar-refractivity contribution in [2.45, 2.75) is 27.3 Å². The topological polar surface area (TPSA) is 64.2 Å². The molecule has 0 atom stereocenters. The second kappa shape index (κ2) is 7.40. The van der Waals surface area contributed by atoms with Crippen LogP contribution in [0.2, 0.25) is 0 Å². The minimum Gasteiger partial charge on any atom is -0.315 e. The standard InChI is InChI=1S/C25H23N5O/c1-16-8-11-19(12-9-16)24-22(29-15-17(2)10-13-23(29)28-24)14-26-30-18(3)27-21-7-5-4-6-20(21)25(30)31/h4-13,15,26H,14H2,1-3H3. The summed E-state index contributed by atoms with van der Waals surface area (Å²) < 4.78 is 3.61. The first-order valence-corrected chi connectivity index (χ1v) is 10.3. The van der Waals surface area contributed by atoms with Crippen molar-refractivity contribution in [3.05, 3.63) is 99.9 Å². The Morgan fingerprint density at radius 3 is 2.42 bits per heavy atom. The van der Waals surface area contributed by atoms with Gasteiger partial charge in [0.2, 0.25) is 0 Å². The van der Waals surface area contributed by atoms with Gasteiger partial charge in [0, 0.05) is 11.8 Å². The molecule has 0 aliphatic carbocycles. The Balaban J connectivity index is 1.61. The van der Waals surface area contributed by atoms with Gasteiger partial charge in [-0.1, -0.05) is 48.0 Å². The normalized spacial score (nSPS) is 11.3. The summed E-state index contributed by atoms with van der Waals surface area (Å²) in [6.45, 7) is 6.39. The van der Waals surface area contributed by atoms with E-state index < -0.39 is 0 Å². The van der Waals surface area contributed by atoms with Crippen LogP contribution >= 0.6 is 0 Å². The zero-order valence-electron chi connectivity index (χ0n) is 17.8. The summed E-state index contributed by atoms with van der Waals surface area (Å²) in [5.41, 5.74) is 10.0. The van der Waals surface area contributed by atoms with E-state index >= 15 is 0 Å². The number of hydrogen-bond acceptors (Lipinski definition) is 4. The Labute approximate surface area is 179 Å². The Hall–Kier alpha value is -3.93. The molecule has 3 heterocycles. The first-order valence-electron chi connectivity index (χ1n) is 10.3. The Bertz CT molecular complexity index is 1480. The van der Waals surface area contributed by atoms with Crippen LogP contribution in [-0.2, 0) is 6.54 Å². The lowest BCUT2D eigenvalue weighted by Crippen LogP contribution is -2.32. The van der Waals surface area contributed by atoms with Crippen LogP contribution in [0.3, 0.4) is 0 Å². The largest absolute Gasteiger partial charge is 0.315 e. The van der Waals surface area contributed by atoms with Gasteiger partial charge < -0.3 is 9.83 Å². The first-order chi connectivity index (χ1) is 15.0. The van der Waals surface area contributed by atoms with Gasteiger partial charge in [-0.25, -0.2) is 14.6 Å². The summed E-state index contributed by atoms with van der Waals surface area (Å²) in [5, 5.41) is 0.591. The molecule has 6 nitrogen and oxygen atoms in total. The lowest BCUT2D eigenvalue weighted by atomic mass is 10.1. The predicted octanol–water partition coefficient (Wildman–Crippen LogP) is 4.38. The molecule has 31 heavy (non-hydrogen) atoms. The monoisotopic (exact) mass is 409 g/mol. The molecular weight excluding hydrogens is 386 g/mol. The summed E-state index contributed by atoms with van der Waals surface area (Å²) in [7, 11) is 0. The molecule has 5 rings (SSSR count). The molecule has 2 aromatic carbocycles. The molecule has 0 radical (unpaired) electrons. The van der Waals surface area contributed by atoms with Crippen molar-refractivity contribution < 1.29 is 0 Å². The molecule has 0 amide bonds. The van der Waals surface area contributed by atoms with E-state index in [2.05, 4.69) is 65.2 Å². The van der Waals surface area contributed by atoms with Crippen molar-refractivity contribution in [2.24, 2.45) is 0 Å².